The van der Waals surface area contributed by atoms with Gasteiger partial charge in [0.05, 0.1) is 21.8 Å². The summed E-state index contributed by atoms with van der Waals surface area (Å²) in [5, 5.41) is 15.5. The van der Waals surface area contributed by atoms with Crippen LogP contribution in [-0.2, 0) is 11.3 Å². The van der Waals surface area contributed by atoms with Crippen LogP contribution in [0.3, 0.4) is 0 Å². The molecule has 3 rings (SSSR count). The van der Waals surface area contributed by atoms with Crippen molar-refractivity contribution in [2.45, 2.75) is 31.6 Å². The van der Waals surface area contributed by atoms with Crippen LogP contribution >= 0.6 is 50.9 Å². The van der Waals surface area contributed by atoms with Crippen LogP contribution in [0.4, 0.5) is 5.69 Å². The Kier molecular flexibility index (Phi) is 8.58. The number of halogens is 3. The van der Waals surface area contributed by atoms with Crippen LogP contribution in [-0.4, -0.2) is 32.3 Å². The summed E-state index contributed by atoms with van der Waals surface area (Å²) in [5.74, 6) is 0.315. The van der Waals surface area contributed by atoms with Gasteiger partial charge in [0.15, 0.2) is 11.0 Å². The maximum Gasteiger partial charge on any atom is 0.251 e. The fraction of sp³-hybridized carbons (Fsp3) is 0.238. The van der Waals surface area contributed by atoms with Gasteiger partial charge in [-0.25, -0.2) is 0 Å². The predicted octanol–water partition coefficient (Wildman–Crippen LogP) is 5.59. The van der Waals surface area contributed by atoms with Crippen molar-refractivity contribution in [1.29, 1.82) is 0 Å². The number of hydrogen-bond acceptors (Lipinski definition) is 5. The molecule has 3 aromatic rings. The zero-order chi connectivity index (χ0) is 23.3. The number of carbonyl (C=O) groups is 2. The number of hydrogen-bond donors (Lipinski definition) is 2. The molecule has 0 aliphatic carbocycles. The first-order valence-electron chi connectivity index (χ1n) is 9.65. The second-order valence-electron chi connectivity index (χ2n) is 6.76. The highest BCUT2D eigenvalue weighted by Gasteiger charge is 2.20. The van der Waals surface area contributed by atoms with E-state index in [1.165, 1.54) is 17.8 Å². The molecule has 11 heteroatoms. The van der Waals surface area contributed by atoms with Crippen molar-refractivity contribution in [2.24, 2.45) is 0 Å². The molecule has 0 saturated heterocycles. The van der Waals surface area contributed by atoms with E-state index in [2.05, 4.69) is 36.8 Å². The van der Waals surface area contributed by atoms with Gasteiger partial charge in [0.25, 0.3) is 5.91 Å². The number of carbonyl (C=O) groups excluding carboxylic acids is 2. The largest absolute Gasteiger partial charge is 0.342 e. The third-order valence-electron chi connectivity index (χ3n) is 4.42. The van der Waals surface area contributed by atoms with Crippen LogP contribution in [0.5, 0.6) is 0 Å². The lowest BCUT2D eigenvalue weighted by atomic mass is 10.2. The summed E-state index contributed by atoms with van der Waals surface area (Å²) < 4.78 is 2.76. The number of thioether (sulfide) groups is 1. The topological polar surface area (TPSA) is 88.9 Å². The van der Waals surface area contributed by atoms with Crippen molar-refractivity contribution in [2.75, 3.05) is 11.1 Å². The Labute approximate surface area is 208 Å². The van der Waals surface area contributed by atoms with E-state index in [0.717, 1.165) is 4.47 Å². The van der Waals surface area contributed by atoms with Gasteiger partial charge in [-0.1, -0.05) is 57.0 Å². The molecular formula is C21H20BrCl2N5O2S. The van der Waals surface area contributed by atoms with E-state index in [4.69, 9.17) is 23.2 Å². The average Bonchev–Trinajstić information content (AvgIpc) is 3.17. The molecule has 32 heavy (non-hydrogen) atoms. The number of anilines is 1. The fourth-order valence-electron chi connectivity index (χ4n) is 2.90. The van der Waals surface area contributed by atoms with Crippen LogP contribution < -0.4 is 10.6 Å². The van der Waals surface area contributed by atoms with Gasteiger partial charge in [0, 0.05) is 22.3 Å². The van der Waals surface area contributed by atoms with Gasteiger partial charge in [-0.15, -0.1) is 10.2 Å². The standard InChI is InChI=1S/C21H20BrCl2N5O2S/c1-3-29-19(12(2)25-20(31)13-7-8-16(23)17(24)9-13)27-28-21(29)32-11-18(30)26-15-6-4-5-14(22)10-15/h4-10,12H,3,11H2,1-2H3,(H,25,31)(H,26,30)/t12-/m0/s1. The van der Waals surface area contributed by atoms with Gasteiger partial charge in [-0.3, -0.25) is 9.59 Å². The predicted molar refractivity (Wildman–Crippen MR) is 132 cm³/mol. The molecule has 7 nitrogen and oxygen atoms in total. The summed E-state index contributed by atoms with van der Waals surface area (Å²) in [6, 6.07) is 11.7. The van der Waals surface area contributed by atoms with E-state index in [9.17, 15) is 9.59 Å². The smallest absolute Gasteiger partial charge is 0.251 e. The lowest BCUT2D eigenvalue weighted by Crippen LogP contribution is -2.28. The van der Waals surface area contributed by atoms with Crippen LogP contribution in [0.25, 0.3) is 0 Å². The summed E-state index contributed by atoms with van der Waals surface area (Å²) in [4.78, 5) is 24.9. The Bertz CT molecular complexity index is 1140. The molecule has 0 aliphatic heterocycles. The zero-order valence-electron chi connectivity index (χ0n) is 17.2. The number of nitrogens with one attached hydrogen (secondary N) is 2. The van der Waals surface area contributed by atoms with Gasteiger partial charge in [-0.05, 0) is 50.2 Å². The molecule has 1 atom stereocenters. The Morgan fingerprint density at radius 3 is 2.62 bits per heavy atom. The fourth-order valence-corrected chi connectivity index (χ4v) is 4.41. The molecule has 2 N–H and O–H groups in total. The zero-order valence-corrected chi connectivity index (χ0v) is 21.1. The van der Waals surface area contributed by atoms with Gasteiger partial charge in [0.1, 0.15) is 0 Å². The highest BCUT2D eigenvalue weighted by atomic mass is 79.9. The molecule has 0 saturated carbocycles. The van der Waals surface area contributed by atoms with Crippen LogP contribution in [0.1, 0.15) is 36.1 Å². The Morgan fingerprint density at radius 1 is 1.16 bits per heavy atom. The van der Waals surface area contributed by atoms with E-state index in [1.807, 2.05) is 42.7 Å². The third-order valence-corrected chi connectivity index (χ3v) is 6.62. The maximum atomic E-state index is 12.6. The molecule has 0 bridgehead atoms. The van der Waals surface area contributed by atoms with Crippen molar-refractivity contribution in [1.82, 2.24) is 20.1 Å². The number of nitrogens with zero attached hydrogens (tertiary/aromatic N) is 3. The number of aromatic nitrogens is 3. The second-order valence-corrected chi connectivity index (χ2v) is 9.43. The normalized spacial score (nSPS) is 11.8. The minimum Gasteiger partial charge on any atom is -0.342 e. The van der Waals surface area contributed by atoms with E-state index in [1.54, 1.807) is 12.1 Å². The second kappa shape index (κ2) is 11.2. The van der Waals surface area contributed by atoms with Crippen molar-refractivity contribution in [3.05, 3.63) is 68.4 Å². The van der Waals surface area contributed by atoms with Crippen molar-refractivity contribution in [3.8, 4) is 0 Å². The van der Waals surface area contributed by atoms with Gasteiger partial charge >= 0.3 is 0 Å². The third kappa shape index (κ3) is 6.25. The van der Waals surface area contributed by atoms with Crippen molar-refractivity contribution >= 4 is 68.4 Å². The quantitative estimate of drug-likeness (QED) is 0.353. The molecule has 1 heterocycles. The van der Waals surface area contributed by atoms with Crippen LogP contribution in [0, 0.1) is 0 Å². The number of benzene rings is 2. The highest BCUT2D eigenvalue weighted by Crippen LogP contribution is 2.24. The molecule has 0 radical (unpaired) electrons. The van der Waals surface area contributed by atoms with Crippen LogP contribution in [0.15, 0.2) is 52.1 Å². The van der Waals surface area contributed by atoms with E-state index >= 15 is 0 Å². The van der Waals surface area contributed by atoms with E-state index in [0.29, 0.717) is 38.8 Å². The molecule has 168 valence electrons. The lowest BCUT2D eigenvalue weighted by Gasteiger charge is -2.15. The average molecular weight is 557 g/mol. The number of amides is 2. The SMILES string of the molecule is CCn1c(SCC(=O)Nc2cccc(Br)c2)nnc1[C@H](C)NC(=O)c1ccc(Cl)c(Cl)c1. The lowest BCUT2D eigenvalue weighted by molar-refractivity contribution is -0.113. The van der Waals surface area contributed by atoms with Gasteiger partial charge < -0.3 is 15.2 Å². The molecule has 0 unspecified atom stereocenters. The Balaban J connectivity index is 1.63. The first kappa shape index (κ1) is 24.6. The molecule has 0 spiro atoms. The Morgan fingerprint density at radius 2 is 1.94 bits per heavy atom. The molecule has 0 fully saturated rings. The number of rotatable bonds is 8. The van der Waals surface area contributed by atoms with E-state index in [-0.39, 0.29) is 17.6 Å². The maximum absolute atomic E-state index is 12.6. The molecule has 0 aliphatic rings. The monoisotopic (exact) mass is 555 g/mol. The Hall–Kier alpha value is -2.07. The minimum atomic E-state index is -0.408. The first-order chi connectivity index (χ1) is 15.3. The van der Waals surface area contributed by atoms with Crippen molar-refractivity contribution in [3.63, 3.8) is 0 Å². The summed E-state index contributed by atoms with van der Waals surface area (Å²) >= 11 is 16.6. The molecule has 1 aromatic heterocycles. The molecular weight excluding hydrogens is 537 g/mol. The van der Waals surface area contributed by atoms with Crippen LogP contribution in [0.2, 0.25) is 10.0 Å². The summed E-state index contributed by atoms with van der Waals surface area (Å²) in [5.41, 5.74) is 1.11. The highest BCUT2D eigenvalue weighted by molar-refractivity contribution is 9.10. The minimum absolute atomic E-state index is 0.152. The summed E-state index contributed by atoms with van der Waals surface area (Å²) in [7, 11) is 0. The molecule has 2 aromatic carbocycles. The summed E-state index contributed by atoms with van der Waals surface area (Å²) in [6.45, 7) is 4.36. The molecule has 2 amide bonds. The van der Waals surface area contributed by atoms with E-state index < -0.39 is 6.04 Å². The van der Waals surface area contributed by atoms with Gasteiger partial charge in [-0.2, -0.15) is 0 Å². The summed E-state index contributed by atoms with van der Waals surface area (Å²) in [6.07, 6.45) is 0. The van der Waals surface area contributed by atoms with Crippen molar-refractivity contribution < 1.29 is 9.59 Å². The first-order valence-corrected chi connectivity index (χ1v) is 12.2. The van der Waals surface area contributed by atoms with Gasteiger partial charge in [0.2, 0.25) is 5.91 Å².